The summed E-state index contributed by atoms with van der Waals surface area (Å²) >= 11 is 0. The Bertz CT molecular complexity index is 1040. The van der Waals surface area contributed by atoms with Crippen LogP contribution in [0.4, 0.5) is 5.82 Å². The summed E-state index contributed by atoms with van der Waals surface area (Å²) in [6, 6.07) is 6.28. The van der Waals surface area contributed by atoms with Crippen molar-refractivity contribution in [1.29, 1.82) is 0 Å². The molecule has 0 radical (unpaired) electrons. The molecule has 184 valence electrons. The molecule has 0 saturated heterocycles. The average molecular weight is 468 g/mol. The van der Waals surface area contributed by atoms with Crippen molar-refractivity contribution in [2.45, 2.75) is 67.7 Å². The van der Waals surface area contributed by atoms with Crippen LogP contribution in [0.2, 0.25) is 0 Å². The van der Waals surface area contributed by atoms with Gasteiger partial charge in [-0.1, -0.05) is 24.2 Å². The quantitative estimate of drug-likeness (QED) is 0.385. The van der Waals surface area contributed by atoms with Crippen LogP contribution in [-0.4, -0.2) is 47.7 Å². The van der Waals surface area contributed by atoms with E-state index >= 15 is 0 Å². The molecule has 0 amide bonds. The van der Waals surface area contributed by atoms with Crippen molar-refractivity contribution in [2.75, 3.05) is 31.2 Å². The highest BCUT2D eigenvalue weighted by atomic mass is 16.6. The first-order valence-corrected chi connectivity index (χ1v) is 12.2. The molecule has 2 aromatic rings. The monoisotopic (exact) mass is 467 g/mol. The first kappa shape index (κ1) is 25.6. The minimum atomic E-state index is -0.262. The summed E-state index contributed by atoms with van der Waals surface area (Å²) < 4.78 is 0. The first-order chi connectivity index (χ1) is 16.2. The number of fused-ring (bicyclic) bond motifs is 1. The lowest BCUT2D eigenvalue weighted by Crippen LogP contribution is -2.28. The molecule has 0 atom stereocenters. The maximum atomic E-state index is 5.77. The Balaban J connectivity index is 1.59. The third-order valence-electron chi connectivity index (χ3n) is 5.86. The van der Waals surface area contributed by atoms with Crippen LogP contribution in [0.15, 0.2) is 28.5 Å². The van der Waals surface area contributed by atoms with Gasteiger partial charge in [0.15, 0.2) is 17.2 Å². The van der Waals surface area contributed by atoms with Crippen LogP contribution in [0.3, 0.4) is 0 Å². The van der Waals surface area contributed by atoms with Gasteiger partial charge in [0.2, 0.25) is 5.69 Å². The summed E-state index contributed by atoms with van der Waals surface area (Å²) in [5.41, 5.74) is 5.80. The third-order valence-corrected chi connectivity index (χ3v) is 5.86. The van der Waals surface area contributed by atoms with Crippen molar-refractivity contribution in [1.82, 2.24) is 9.97 Å². The van der Waals surface area contributed by atoms with Gasteiger partial charge in [-0.25, -0.2) is 15.0 Å². The second kappa shape index (κ2) is 11.4. The molecule has 0 unspecified atom stereocenters. The lowest BCUT2D eigenvalue weighted by Gasteiger charge is -2.22. The minimum Gasteiger partial charge on any atom is -0.395 e. The maximum absolute atomic E-state index is 5.77. The molecule has 0 fully saturated rings. The van der Waals surface area contributed by atoms with Crippen LogP contribution in [0.1, 0.15) is 75.9 Å². The highest BCUT2D eigenvalue weighted by Crippen LogP contribution is 2.21. The first-order valence-electron chi connectivity index (χ1n) is 12.2. The Labute approximate surface area is 203 Å². The minimum absolute atomic E-state index is 0.262. The van der Waals surface area contributed by atoms with E-state index < -0.39 is 0 Å². The molecule has 0 aromatic carbocycles. The Hall–Kier alpha value is -3.03. The molecule has 0 aliphatic heterocycles. The molecule has 8 nitrogen and oxygen atoms in total. The fourth-order valence-corrected chi connectivity index (χ4v) is 3.85. The number of aromatic nitrogens is 3. The van der Waals surface area contributed by atoms with Crippen LogP contribution in [0.5, 0.6) is 0 Å². The van der Waals surface area contributed by atoms with Gasteiger partial charge in [0.1, 0.15) is 24.7 Å². The summed E-state index contributed by atoms with van der Waals surface area (Å²) in [4.78, 5) is 26.3. The van der Waals surface area contributed by atoms with E-state index in [0.29, 0.717) is 24.7 Å². The van der Waals surface area contributed by atoms with Crippen molar-refractivity contribution >= 4 is 17.2 Å². The van der Waals surface area contributed by atoms with Crippen LogP contribution in [0.25, 0.3) is 0 Å². The van der Waals surface area contributed by atoms with Crippen molar-refractivity contribution in [3.05, 3.63) is 46.7 Å². The van der Waals surface area contributed by atoms with Crippen molar-refractivity contribution in [3.63, 3.8) is 0 Å². The van der Waals surface area contributed by atoms with E-state index in [4.69, 9.17) is 9.68 Å². The Morgan fingerprint density at radius 3 is 2.56 bits per heavy atom. The maximum Gasteiger partial charge on any atom is 0.232 e. The van der Waals surface area contributed by atoms with Crippen molar-refractivity contribution in [3.8, 4) is 0 Å². The van der Waals surface area contributed by atoms with Gasteiger partial charge < -0.3 is 14.6 Å². The number of nitrogens with one attached hydrogen (secondary N) is 1. The van der Waals surface area contributed by atoms with Gasteiger partial charge in [0.05, 0.1) is 0 Å². The molecule has 1 aliphatic rings. The van der Waals surface area contributed by atoms with Gasteiger partial charge in [0.25, 0.3) is 0 Å². The predicted molar refractivity (Wildman–Crippen MR) is 135 cm³/mol. The van der Waals surface area contributed by atoms with E-state index in [9.17, 15) is 0 Å². The molecule has 3 rings (SSSR count). The molecule has 2 heterocycles. The fraction of sp³-hybridized carbons (Fsp3) is 0.577. The second-order valence-corrected chi connectivity index (χ2v) is 9.68. The predicted octanol–water partition coefficient (Wildman–Crippen LogP) is 4.28. The SMILES string of the molecule is CCN(CC)c1cc(C)nc(/C(C)=N/OCC(C)(C)CO/N=C2\CCCc3ccc(C)[nH+]c32)n1. The number of hydrogen-bond donors (Lipinski definition) is 0. The molecule has 34 heavy (non-hydrogen) atoms. The van der Waals surface area contributed by atoms with Crippen LogP contribution >= 0.6 is 0 Å². The number of H-pyrrole nitrogens is 1. The van der Waals surface area contributed by atoms with Crippen molar-refractivity contribution < 1.29 is 14.7 Å². The van der Waals surface area contributed by atoms with Crippen molar-refractivity contribution in [2.24, 2.45) is 15.7 Å². The lowest BCUT2D eigenvalue weighted by molar-refractivity contribution is -0.391. The highest BCUT2D eigenvalue weighted by Gasteiger charge is 2.25. The molecule has 8 heteroatoms. The smallest absolute Gasteiger partial charge is 0.232 e. The zero-order valence-corrected chi connectivity index (χ0v) is 21.7. The standard InChI is InChI=1S/C26H38N6O2/c1-8-32(9-2)23-15-19(4)28-25(29-23)20(5)30-33-16-26(6,7)17-34-31-22-12-10-11-21-14-13-18(3)27-24(21)22/h13-15H,8-12,16-17H2,1-7H3/p+1/b30-20+,31-22+. The fourth-order valence-electron chi connectivity index (χ4n) is 3.85. The second-order valence-electron chi connectivity index (χ2n) is 9.68. The summed E-state index contributed by atoms with van der Waals surface area (Å²) in [6.07, 6.45) is 3.08. The summed E-state index contributed by atoms with van der Waals surface area (Å²) in [6.45, 7) is 16.9. The largest absolute Gasteiger partial charge is 0.395 e. The molecule has 2 aromatic heterocycles. The van der Waals surface area contributed by atoms with Crippen LogP contribution in [0, 0.1) is 19.3 Å². The van der Waals surface area contributed by atoms with E-state index in [0.717, 1.165) is 61.0 Å². The van der Waals surface area contributed by atoms with Gasteiger partial charge in [-0.2, -0.15) is 0 Å². The molecule has 0 bridgehead atoms. The number of rotatable bonds is 10. The molecule has 0 spiro atoms. The Morgan fingerprint density at radius 2 is 1.82 bits per heavy atom. The topological polar surface area (TPSA) is 86.3 Å². The normalized spacial score (nSPS) is 15.3. The van der Waals surface area contributed by atoms with Crippen LogP contribution < -0.4 is 9.88 Å². The average Bonchev–Trinajstić information content (AvgIpc) is 2.79. The van der Waals surface area contributed by atoms with E-state index in [1.165, 1.54) is 5.56 Å². The van der Waals surface area contributed by atoms with Gasteiger partial charge in [-0.05, 0) is 46.6 Å². The number of pyridine rings is 1. The zero-order valence-electron chi connectivity index (χ0n) is 21.7. The summed E-state index contributed by atoms with van der Waals surface area (Å²) in [5.74, 6) is 1.50. The molecular formula is C26H39N6O2+. The molecule has 1 N–H and O–H groups in total. The van der Waals surface area contributed by atoms with Gasteiger partial charge >= 0.3 is 0 Å². The lowest BCUT2D eigenvalue weighted by atomic mass is 9.94. The molecule has 0 saturated carbocycles. The number of aryl methyl sites for hydroxylation is 3. The van der Waals surface area contributed by atoms with Gasteiger partial charge in [0, 0.05) is 55.2 Å². The van der Waals surface area contributed by atoms with E-state index in [-0.39, 0.29) is 5.41 Å². The van der Waals surface area contributed by atoms with Crippen LogP contribution in [-0.2, 0) is 16.1 Å². The number of nitrogens with zero attached hydrogens (tertiary/aromatic N) is 5. The summed E-state index contributed by atoms with van der Waals surface area (Å²) in [5, 5.41) is 8.75. The number of anilines is 1. The Morgan fingerprint density at radius 1 is 1.09 bits per heavy atom. The van der Waals surface area contributed by atoms with Gasteiger partial charge in [-0.3, -0.25) is 0 Å². The number of aromatic amines is 1. The number of oxime groups is 2. The highest BCUT2D eigenvalue weighted by molar-refractivity contribution is 5.99. The van der Waals surface area contributed by atoms with E-state index in [2.05, 4.69) is 76.9 Å². The third kappa shape index (κ3) is 6.74. The summed E-state index contributed by atoms with van der Waals surface area (Å²) in [7, 11) is 0. The molecule has 1 aliphatic carbocycles. The van der Waals surface area contributed by atoms with Gasteiger partial charge in [-0.15, -0.1) is 0 Å². The molecular weight excluding hydrogens is 428 g/mol. The van der Waals surface area contributed by atoms with E-state index in [1.807, 2.05) is 19.9 Å². The number of hydrogen-bond acceptors (Lipinski definition) is 7. The zero-order chi connectivity index (χ0) is 24.7. The van der Waals surface area contributed by atoms with E-state index in [1.54, 1.807) is 0 Å². The Kier molecular flexibility index (Phi) is 8.58.